The van der Waals surface area contributed by atoms with Crippen molar-refractivity contribution in [2.24, 2.45) is 0 Å². The van der Waals surface area contributed by atoms with Gasteiger partial charge in [0.25, 0.3) is 0 Å². The second-order valence-corrected chi connectivity index (χ2v) is 3.46. The Kier molecular flexibility index (Phi) is 3.15. The number of likely N-dealkylation sites (N-methyl/N-ethyl adjacent to an activating group) is 2. The zero-order chi connectivity index (χ0) is 7.49. The summed E-state index contributed by atoms with van der Waals surface area (Å²) < 4.78 is 0.804. The first kappa shape index (κ1) is 8.92. The summed E-state index contributed by atoms with van der Waals surface area (Å²) in [5.41, 5.74) is 0. The van der Waals surface area contributed by atoms with E-state index in [4.69, 9.17) is 0 Å². The van der Waals surface area contributed by atoms with Crippen molar-refractivity contribution >= 4 is 0 Å². The fraction of sp³-hybridized carbons (Fsp3) is 0.857. The maximum absolute atomic E-state index is 3.95. The minimum absolute atomic E-state index is 0.804. The number of hydrogen-bond acceptors (Lipinski definition) is 1. The van der Waals surface area contributed by atoms with Crippen molar-refractivity contribution in [3.05, 3.63) is 7.05 Å². The van der Waals surface area contributed by atoms with Crippen LogP contribution in [-0.2, 0) is 0 Å². The van der Waals surface area contributed by atoms with Gasteiger partial charge >= 0.3 is 0 Å². The van der Waals surface area contributed by atoms with E-state index in [1.807, 2.05) is 0 Å². The van der Waals surface area contributed by atoms with Gasteiger partial charge in [-0.25, -0.2) is 0 Å². The van der Waals surface area contributed by atoms with Gasteiger partial charge in [-0.15, -0.1) is 7.05 Å². The SMILES string of the molecule is [CH2-][N+](C)(C)CCN(C)C. The van der Waals surface area contributed by atoms with Crippen molar-refractivity contribution in [2.45, 2.75) is 0 Å². The highest BCUT2D eigenvalue weighted by Crippen LogP contribution is 1.91. The van der Waals surface area contributed by atoms with Gasteiger partial charge in [-0.3, -0.25) is 0 Å². The van der Waals surface area contributed by atoms with Crippen LogP contribution in [0.5, 0.6) is 0 Å². The van der Waals surface area contributed by atoms with E-state index < -0.39 is 0 Å². The van der Waals surface area contributed by atoms with Crippen LogP contribution in [0.4, 0.5) is 0 Å². The number of nitrogens with zero attached hydrogens (tertiary/aromatic N) is 2. The lowest BCUT2D eigenvalue weighted by Gasteiger charge is -2.33. The molecule has 0 rings (SSSR count). The van der Waals surface area contributed by atoms with E-state index in [1.54, 1.807) is 0 Å². The highest BCUT2D eigenvalue weighted by molar-refractivity contribution is 4.39. The lowest BCUT2D eigenvalue weighted by atomic mass is 10.5. The smallest absolute Gasteiger partial charge is 0.0670 e. The van der Waals surface area contributed by atoms with Gasteiger partial charge < -0.3 is 9.38 Å². The molecule has 56 valence electrons. The molecule has 0 heterocycles. The van der Waals surface area contributed by atoms with Crippen molar-refractivity contribution < 1.29 is 4.48 Å². The monoisotopic (exact) mass is 130 g/mol. The molecule has 0 aliphatic carbocycles. The molecule has 0 N–H and O–H groups in total. The summed E-state index contributed by atoms with van der Waals surface area (Å²) in [6, 6.07) is 0. The van der Waals surface area contributed by atoms with E-state index in [0.717, 1.165) is 17.6 Å². The van der Waals surface area contributed by atoms with Gasteiger partial charge in [0.2, 0.25) is 0 Å². The number of hydrogen-bond donors (Lipinski definition) is 0. The van der Waals surface area contributed by atoms with Crippen LogP contribution in [0.15, 0.2) is 0 Å². The topological polar surface area (TPSA) is 3.24 Å². The van der Waals surface area contributed by atoms with Crippen molar-refractivity contribution in [2.75, 3.05) is 41.3 Å². The molecule has 2 nitrogen and oxygen atoms in total. The molecule has 0 fully saturated rings. The van der Waals surface area contributed by atoms with Crippen molar-refractivity contribution in [1.82, 2.24) is 4.90 Å². The van der Waals surface area contributed by atoms with Gasteiger partial charge in [0.1, 0.15) is 0 Å². The molecular weight excluding hydrogens is 112 g/mol. The minimum Gasteiger partial charge on any atom is -0.461 e. The summed E-state index contributed by atoms with van der Waals surface area (Å²) in [5, 5.41) is 0. The molecule has 2 heteroatoms. The lowest BCUT2D eigenvalue weighted by Crippen LogP contribution is -2.38. The predicted molar refractivity (Wildman–Crippen MR) is 40.9 cm³/mol. The summed E-state index contributed by atoms with van der Waals surface area (Å²) in [7, 11) is 12.3. The van der Waals surface area contributed by atoms with Crippen LogP contribution in [0.2, 0.25) is 0 Å². The second-order valence-electron chi connectivity index (χ2n) is 3.46. The third-order valence-electron chi connectivity index (χ3n) is 1.15. The van der Waals surface area contributed by atoms with Crippen LogP contribution in [0, 0.1) is 7.05 Å². The zero-order valence-electron chi connectivity index (χ0n) is 7.02. The molecule has 0 aromatic rings. The highest BCUT2D eigenvalue weighted by atomic mass is 15.3. The van der Waals surface area contributed by atoms with Crippen LogP contribution in [-0.4, -0.2) is 50.7 Å². The minimum atomic E-state index is 0.804. The molecule has 0 saturated carbocycles. The largest absolute Gasteiger partial charge is 0.461 e. The summed E-state index contributed by atoms with van der Waals surface area (Å²) in [6.07, 6.45) is 0. The van der Waals surface area contributed by atoms with Crippen molar-refractivity contribution in [3.8, 4) is 0 Å². The standard InChI is InChI=1S/C7H18N2/c1-8(2)6-7-9(3,4)5/h3,6-7H2,1-2,4-5H3. The average Bonchev–Trinajstić information content (AvgIpc) is 1.59. The van der Waals surface area contributed by atoms with Gasteiger partial charge in [0, 0.05) is 20.6 Å². The van der Waals surface area contributed by atoms with E-state index in [1.165, 1.54) is 0 Å². The molecule has 0 atom stereocenters. The third kappa shape index (κ3) is 7.92. The Hall–Kier alpha value is -0.0800. The van der Waals surface area contributed by atoms with Gasteiger partial charge in [0.15, 0.2) is 0 Å². The fourth-order valence-electron chi connectivity index (χ4n) is 0.471. The third-order valence-corrected chi connectivity index (χ3v) is 1.15. The molecule has 0 saturated heterocycles. The Morgan fingerprint density at radius 2 is 1.78 bits per heavy atom. The van der Waals surface area contributed by atoms with Gasteiger partial charge in [0.05, 0.1) is 6.54 Å². The first-order valence-electron chi connectivity index (χ1n) is 3.24. The maximum atomic E-state index is 3.95. The summed E-state index contributed by atoms with van der Waals surface area (Å²) in [6.45, 7) is 2.21. The van der Waals surface area contributed by atoms with Crippen LogP contribution >= 0.6 is 0 Å². The number of quaternary nitrogens is 1. The molecule has 0 aromatic carbocycles. The molecule has 0 aromatic heterocycles. The molecule has 9 heavy (non-hydrogen) atoms. The van der Waals surface area contributed by atoms with Crippen molar-refractivity contribution in [1.29, 1.82) is 0 Å². The fourth-order valence-corrected chi connectivity index (χ4v) is 0.471. The molecule has 0 radical (unpaired) electrons. The normalized spacial score (nSPS) is 12.7. The summed E-state index contributed by atoms with van der Waals surface area (Å²) >= 11 is 0. The maximum Gasteiger partial charge on any atom is 0.0670 e. The first-order valence-corrected chi connectivity index (χ1v) is 3.24. The van der Waals surface area contributed by atoms with E-state index in [9.17, 15) is 0 Å². The van der Waals surface area contributed by atoms with Gasteiger partial charge in [-0.2, -0.15) is 0 Å². The molecule has 0 bridgehead atoms. The Labute approximate surface area is 58.7 Å². The quantitative estimate of drug-likeness (QED) is 0.395. The molecule has 0 spiro atoms. The lowest BCUT2D eigenvalue weighted by molar-refractivity contribution is -0.844. The molecule has 0 aliphatic rings. The summed E-state index contributed by atoms with van der Waals surface area (Å²) in [4.78, 5) is 2.17. The van der Waals surface area contributed by atoms with Crippen LogP contribution in [0.25, 0.3) is 0 Å². The van der Waals surface area contributed by atoms with Crippen LogP contribution in [0.3, 0.4) is 0 Å². The zero-order valence-corrected chi connectivity index (χ0v) is 7.02. The van der Waals surface area contributed by atoms with E-state index in [0.29, 0.717) is 0 Å². The van der Waals surface area contributed by atoms with Crippen molar-refractivity contribution in [3.63, 3.8) is 0 Å². The molecular formula is C7H18N2. The van der Waals surface area contributed by atoms with Gasteiger partial charge in [-0.05, 0) is 14.1 Å². The molecule has 0 amide bonds. The Morgan fingerprint density at radius 3 is 1.89 bits per heavy atom. The Bertz CT molecular complexity index is 71.5. The molecule has 0 aliphatic heterocycles. The van der Waals surface area contributed by atoms with E-state index >= 15 is 0 Å². The highest BCUT2D eigenvalue weighted by Gasteiger charge is 1.99. The molecule has 0 unspecified atom stereocenters. The van der Waals surface area contributed by atoms with E-state index in [-0.39, 0.29) is 0 Å². The number of rotatable bonds is 3. The van der Waals surface area contributed by atoms with E-state index in [2.05, 4.69) is 40.1 Å². The Morgan fingerprint density at radius 1 is 1.33 bits per heavy atom. The predicted octanol–water partition coefficient (Wildman–Crippen LogP) is 0.416. The summed E-state index contributed by atoms with van der Waals surface area (Å²) in [5.74, 6) is 0. The van der Waals surface area contributed by atoms with Crippen LogP contribution < -0.4 is 0 Å². The van der Waals surface area contributed by atoms with Gasteiger partial charge in [-0.1, -0.05) is 0 Å². The first-order chi connectivity index (χ1) is 3.92. The average molecular weight is 130 g/mol. The van der Waals surface area contributed by atoms with Crippen LogP contribution in [0.1, 0.15) is 0 Å². The Balaban J connectivity index is 3.28. The second kappa shape index (κ2) is 3.18.